The Morgan fingerprint density at radius 2 is 1.94 bits per heavy atom. The number of aromatic amines is 1. The van der Waals surface area contributed by atoms with Crippen LogP contribution >= 0.6 is 22.9 Å². The lowest BCUT2D eigenvalue weighted by molar-refractivity contribution is 0.0117. The second-order valence-electron chi connectivity index (χ2n) is 7.98. The SMILES string of the molecule is Cc1nc(C(=O)N2CC(F)(F)CC2c2nc3c(C)c(Cl)ccc3[nH]2)c(-c2ccccc2)s1. The van der Waals surface area contributed by atoms with Crippen molar-refractivity contribution < 1.29 is 13.6 Å². The lowest BCUT2D eigenvalue weighted by Crippen LogP contribution is -2.33. The van der Waals surface area contributed by atoms with Gasteiger partial charge in [0.15, 0.2) is 0 Å². The fraction of sp³-hybridized carbons (Fsp3) is 0.261. The van der Waals surface area contributed by atoms with Crippen LogP contribution in [0.4, 0.5) is 8.78 Å². The summed E-state index contributed by atoms with van der Waals surface area (Å²) in [5.74, 6) is -3.22. The zero-order valence-electron chi connectivity index (χ0n) is 17.3. The van der Waals surface area contributed by atoms with Crippen molar-refractivity contribution in [3.63, 3.8) is 0 Å². The van der Waals surface area contributed by atoms with Gasteiger partial charge in [0.1, 0.15) is 11.5 Å². The summed E-state index contributed by atoms with van der Waals surface area (Å²) < 4.78 is 29.1. The van der Waals surface area contributed by atoms with E-state index in [0.717, 1.165) is 11.1 Å². The molecule has 0 radical (unpaired) electrons. The molecule has 1 saturated heterocycles. The van der Waals surface area contributed by atoms with E-state index in [1.807, 2.05) is 37.3 Å². The summed E-state index contributed by atoms with van der Waals surface area (Å²) in [6.45, 7) is 2.94. The average molecular weight is 473 g/mol. The Morgan fingerprint density at radius 1 is 1.19 bits per heavy atom. The summed E-state index contributed by atoms with van der Waals surface area (Å²) in [7, 11) is 0. The second-order valence-corrected chi connectivity index (χ2v) is 9.59. The van der Waals surface area contributed by atoms with Crippen LogP contribution in [0.15, 0.2) is 42.5 Å². The van der Waals surface area contributed by atoms with Crippen LogP contribution in [-0.2, 0) is 0 Å². The van der Waals surface area contributed by atoms with Crippen LogP contribution in [0.25, 0.3) is 21.5 Å². The van der Waals surface area contributed by atoms with Gasteiger partial charge in [-0.3, -0.25) is 4.79 Å². The molecule has 1 N–H and O–H groups in total. The van der Waals surface area contributed by atoms with Crippen molar-refractivity contribution in [3.8, 4) is 10.4 Å². The molecule has 1 unspecified atom stereocenters. The topological polar surface area (TPSA) is 61.9 Å². The molecule has 4 aromatic rings. The molecule has 1 amide bonds. The van der Waals surface area contributed by atoms with Gasteiger partial charge in [-0.05, 0) is 37.1 Å². The number of thiazole rings is 1. The van der Waals surface area contributed by atoms with E-state index >= 15 is 0 Å². The fourth-order valence-electron chi connectivity index (χ4n) is 4.13. The number of hydrogen-bond acceptors (Lipinski definition) is 4. The Labute approximate surface area is 192 Å². The summed E-state index contributed by atoms with van der Waals surface area (Å²) >= 11 is 7.57. The van der Waals surface area contributed by atoms with Crippen LogP contribution in [0.5, 0.6) is 0 Å². The van der Waals surface area contributed by atoms with E-state index in [0.29, 0.717) is 31.8 Å². The van der Waals surface area contributed by atoms with Crippen molar-refractivity contribution in [3.05, 3.63) is 69.6 Å². The van der Waals surface area contributed by atoms with Gasteiger partial charge in [0.05, 0.1) is 33.5 Å². The van der Waals surface area contributed by atoms with Crippen molar-refractivity contribution in [1.29, 1.82) is 0 Å². The van der Waals surface area contributed by atoms with E-state index in [9.17, 15) is 13.6 Å². The number of amides is 1. The molecule has 3 heterocycles. The Morgan fingerprint density at radius 3 is 2.69 bits per heavy atom. The normalized spacial score (nSPS) is 17.9. The van der Waals surface area contributed by atoms with Crippen LogP contribution in [0.2, 0.25) is 5.02 Å². The third-order valence-corrected chi connectivity index (χ3v) is 7.11. The largest absolute Gasteiger partial charge is 0.340 e. The molecule has 0 aliphatic carbocycles. The molecule has 0 bridgehead atoms. The number of likely N-dealkylation sites (tertiary alicyclic amines) is 1. The van der Waals surface area contributed by atoms with Gasteiger partial charge in [-0.25, -0.2) is 18.7 Å². The van der Waals surface area contributed by atoms with Crippen LogP contribution in [0.3, 0.4) is 0 Å². The van der Waals surface area contributed by atoms with E-state index in [2.05, 4.69) is 15.0 Å². The molecule has 0 spiro atoms. The van der Waals surface area contributed by atoms with Crippen molar-refractivity contribution in [2.75, 3.05) is 6.54 Å². The zero-order valence-corrected chi connectivity index (χ0v) is 18.9. The van der Waals surface area contributed by atoms with Gasteiger partial charge >= 0.3 is 0 Å². The van der Waals surface area contributed by atoms with Crippen LogP contribution in [0, 0.1) is 13.8 Å². The van der Waals surface area contributed by atoms with E-state index in [4.69, 9.17) is 11.6 Å². The monoisotopic (exact) mass is 472 g/mol. The molecule has 1 aliphatic rings. The number of carbonyl (C=O) groups is 1. The highest BCUT2D eigenvalue weighted by Crippen LogP contribution is 2.43. The quantitative estimate of drug-likeness (QED) is 0.387. The molecule has 2 aromatic heterocycles. The first kappa shape index (κ1) is 21.0. The van der Waals surface area contributed by atoms with Gasteiger partial charge in [0.25, 0.3) is 11.8 Å². The van der Waals surface area contributed by atoms with Gasteiger partial charge in [-0.2, -0.15) is 0 Å². The van der Waals surface area contributed by atoms with E-state index in [1.165, 1.54) is 16.2 Å². The van der Waals surface area contributed by atoms with E-state index in [-0.39, 0.29) is 5.69 Å². The standard InChI is InChI=1S/C23H19ClF2N4OS/c1-12-15(24)8-9-16-18(12)29-21(28-16)17-10-23(25,26)11-30(17)22(31)19-20(32-13(2)27-19)14-6-4-3-5-7-14/h3-9,17H,10-11H2,1-2H3,(H,28,29). The van der Waals surface area contributed by atoms with Crippen LogP contribution in [0.1, 0.15) is 39.3 Å². The van der Waals surface area contributed by atoms with Crippen LogP contribution < -0.4 is 0 Å². The number of aromatic nitrogens is 3. The van der Waals surface area contributed by atoms with Crippen LogP contribution in [-0.4, -0.2) is 38.2 Å². The summed E-state index contributed by atoms with van der Waals surface area (Å²) in [5.41, 5.74) is 3.09. The number of rotatable bonds is 3. The fourth-order valence-corrected chi connectivity index (χ4v) is 5.20. The second kappa shape index (κ2) is 7.64. The molecular formula is C23H19ClF2N4OS. The summed E-state index contributed by atoms with van der Waals surface area (Å²) in [6, 6.07) is 12.0. The number of nitrogens with zero attached hydrogens (tertiary/aromatic N) is 3. The number of fused-ring (bicyclic) bond motifs is 1. The lowest BCUT2D eigenvalue weighted by atomic mass is 10.1. The van der Waals surface area contributed by atoms with E-state index < -0.39 is 30.8 Å². The van der Waals surface area contributed by atoms with Gasteiger partial charge in [0.2, 0.25) is 0 Å². The zero-order chi connectivity index (χ0) is 22.6. The number of H-pyrrole nitrogens is 1. The highest BCUT2D eigenvalue weighted by atomic mass is 35.5. The maximum Gasteiger partial charge on any atom is 0.274 e. The Hall–Kier alpha value is -2.84. The molecule has 0 saturated carbocycles. The minimum atomic E-state index is -3.02. The number of benzene rings is 2. The highest BCUT2D eigenvalue weighted by molar-refractivity contribution is 7.15. The number of nitrogens with one attached hydrogen (secondary N) is 1. The number of carbonyl (C=O) groups excluding carboxylic acids is 1. The number of imidazole rings is 1. The minimum absolute atomic E-state index is 0.191. The van der Waals surface area contributed by atoms with Crippen molar-refractivity contribution >= 4 is 39.9 Å². The maximum atomic E-state index is 14.6. The molecule has 164 valence electrons. The van der Waals surface area contributed by atoms with Crippen molar-refractivity contribution in [1.82, 2.24) is 19.9 Å². The third-order valence-electron chi connectivity index (χ3n) is 5.68. The Kier molecular flexibility index (Phi) is 5.02. The number of alkyl halides is 2. The molecule has 1 atom stereocenters. The Balaban J connectivity index is 1.57. The first-order valence-corrected chi connectivity index (χ1v) is 11.3. The first-order chi connectivity index (χ1) is 15.2. The van der Waals surface area contributed by atoms with Gasteiger partial charge in [0, 0.05) is 11.4 Å². The third kappa shape index (κ3) is 3.57. The highest BCUT2D eigenvalue weighted by Gasteiger charge is 2.49. The van der Waals surface area contributed by atoms with Gasteiger partial charge < -0.3 is 9.88 Å². The molecule has 5 rings (SSSR count). The predicted molar refractivity (Wildman–Crippen MR) is 121 cm³/mol. The summed E-state index contributed by atoms with van der Waals surface area (Å²) in [4.78, 5) is 27.5. The molecule has 5 nitrogen and oxygen atoms in total. The van der Waals surface area contributed by atoms with Crippen molar-refractivity contribution in [2.24, 2.45) is 0 Å². The summed E-state index contributed by atoms with van der Waals surface area (Å²) in [6.07, 6.45) is -0.505. The molecule has 2 aromatic carbocycles. The smallest absolute Gasteiger partial charge is 0.274 e. The van der Waals surface area contributed by atoms with Gasteiger partial charge in [-0.1, -0.05) is 41.9 Å². The number of halogens is 3. The van der Waals surface area contributed by atoms with Crippen molar-refractivity contribution in [2.45, 2.75) is 32.2 Å². The summed E-state index contributed by atoms with van der Waals surface area (Å²) in [5, 5.41) is 1.24. The first-order valence-electron chi connectivity index (χ1n) is 10.1. The molecule has 9 heteroatoms. The Bertz CT molecular complexity index is 1330. The molecule has 32 heavy (non-hydrogen) atoms. The molecule has 1 aliphatic heterocycles. The maximum absolute atomic E-state index is 14.6. The average Bonchev–Trinajstić information content (AvgIpc) is 3.45. The lowest BCUT2D eigenvalue weighted by Gasteiger charge is -2.22. The molecule has 1 fully saturated rings. The predicted octanol–water partition coefficient (Wildman–Crippen LogP) is 6.18. The number of hydrogen-bond donors (Lipinski definition) is 1. The minimum Gasteiger partial charge on any atom is -0.340 e. The number of aryl methyl sites for hydroxylation is 2. The van der Waals surface area contributed by atoms with E-state index in [1.54, 1.807) is 19.1 Å². The van der Waals surface area contributed by atoms with Gasteiger partial charge in [-0.15, -0.1) is 11.3 Å². The molecular weight excluding hydrogens is 454 g/mol.